The summed E-state index contributed by atoms with van der Waals surface area (Å²) in [6.45, 7) is 6.77. The average Bonchev–Trinajstić information content (AvgIpc) is 2.19. The van der Waals surface area contributed by atoms with Crippen LogP contribution >= 0.6 is 23.5 Å². The second-order valence-corrected chi connectivity index (χ2v) is 6.22. The molecule has 0 saturated carbocycles. The first-order valence-corrected chi connectivity index (χ1v) is 8.21. The zero-order valence-corrected chi connectivity index (χ0v) is 11.8. The van der Waals surface area contributed by atoms with E-state index in [1.54, 1.807) is 4.38 Å². The summed E-state index contributed by atoms with van der Waals surface area (Å²) in [7, 11) is -4.19. The van der Waals surface area contributed by atoms with Crippen LogP contribution in [0.5, 0.6) is 0 Å². The third-order valence-electron chi connectivity index (χ3n) is 1.76. The van der Waals surface area contributed by atoms with Crippen molar-refractivity contribution in [3.05, 3.63) is 0 Å². The summed E-state index contributed by atoms with van der Waals surface area (Å²) in [6.07, 6.45) is 1.38. The number of hydrogen-bond acceptors (Lipinski definition) is 6. The van der Waals surface area contributed by atoms with Gasteiger partial charge in [0, 0.05) is 11.5 Å². The average molecular weight is 293 g/mol. The Bertz CT molecular complexity index is 213. The molecule has 1 rings (SSSR count). The van der Waals surface area contributed by atoms with Crippen LogP contribution in [0.1, 0.15) is 20.3 Å². The molecule has 1 aliphatic heterocycles. The third kappa shape index (κ3) is 9.71. The second-order valence-electron chi connectivity index (χ2n) is 2.92. The van der Waals surface area contributed by atoms with Crippen molar-refractivity contribution in [1.29, 1.82) is 0 Å². The molecular formula is C8H19ClNO4S2+. The fourth-order valence-corrected chi connectivity index (χ4v) is 3.91. The van der Waals surface area contributed by atoms with Crippen molar-refractivity contribution >= 4 is 27.9 Å². The van der Waals surface area contributed by atoms with Gasteiger partial charge in [-0.2, -0.15) is 0 Å². The quantitative estimate of drug-likeness (QED) is 0.590. The van der Waals surface area contributed by atoms with E-state index in [2.05, 4.69) is 18.4 Å². The van der Waals surface area contributed by atoms with Gasteiger partial charge in [-0.25, -0.2) is 4.58 Å². The van der Waals surface area contributed by atoms with Gasteiger partial charge in [0.15, 0.2) is 0 Å². The Hall–Kier alpha value is 0.500. The number of halogens is 1. The molecular weight excluding hydrogens is 274 g/mol. The van der Waals surface area contributed by atoms with Gasteiger partial charge in [0.2, 0.25) is 0 Å². The van der Waals surface area contributed by atoms with E-state index in [1.807, 2.05) is 23.5 Å². The molecule has 16 heavy (non-hydrogen) atoms. The van der Waals surface area contributed by atoms with E-state index in [-0.39, 0.29) is 0 Å². The van der Waals surface area contributed by atoms with Crippen molar-refractivity contribution in [3.8, 4) is 0 Å². The van der Waals surface area contributed by atoms with Crippen LogP contribution in [0.3, 0.4) is 0 Å². The molecule has 0 atom stereocenters. The fraction of sp³-hybridized carbons (Fsp3) is 0.875. The van der Waals surface area contributed by atoms with Crippen molar-refractivity contribution in [2.75, 3.05) is 24.6 Å². The first-order valence-electron chi connectivity index (χ1n) is 4.92. The predicted molar refractivity (Wildman–Crippen MR) is 62.5 cm³/mol. The first kappa shape index (κ1) is 16.5. The zero-order chi connectivity index (χ0) is 12.6. The summed E-state index contributed by atoms with van der Waals surface area (Å²) in [6, 6.07) is 0. The molecule has 1 aliphatic rings. The molecule has 0 aromatic carbocycles. The molecule has 1 fully saturated rings. The molecule has 1 saturated heterocycles. The van der Waals surface area contributed by atoms with E-state index >= 15 is 0 Å². The van der Waals surface area contributed by atoms with Crippen LogP contribution in [0.2, 0.25) is 0 Å². The van der Waals surface area contributed by atoms with Crippen LogP contribution in [0.25, 0.3) is 0 Å². The van der Waals surface area contributed by atoms with Crippen molar-refractivity contribution in [2.45, 2.75) is 20.3 Å². The molecule has 5 nitrogen and oxygen atoms in total. The number of thioether (sulfide) groups is 2. The minimum atomic E-state index is -4.19. The molecule has 0 radical (unpaired) electrons. The molecule has 0 aliphatic carbocycles. The maximum absolute atomic E-state index is 8.83. The van der Waals surface area contributed by atoms with Crippen LogP contribution in [-0.4, -0.2) is 47.5 Å². The molecule has 3 N–H and O–H groups in total. The molecule has 1 heterocycles. The van der Waals surface area contributed by atoms with Crippen LogP contribution in [0.15, 0.2) is 0 Å². The van der Waals surface area contributed by atoms with Gasteiger partial charge in [0.05, 0.1) is 0 Å². The summed E-state index contributed by atoms with van der Waals surface area (Å²) < 4.78 is 34.2. The Morgan fingerprint density at radius 3 is 1.88 bits per heavy atom. The minimum absolute atomic E-state index is 1.16. The van der Waals surface area contributed by atoms with Crippen LogP contribution in [0, 0.1) is 10.2 Å². The van der Waals surface area contributed by atoms with Crippen LogP contribution < -0.4 is 4.66 Å². The summed E-state index contributed by atoms with van der Waals surface area (Å²) in [5.74, 6) is 2.64. The summed E-state index contributed by atoms with van der Waals surface area (Å²) in [4.78, 5) is 0. The second kappa shape index (κ2) is 8.57. The first-order chi connectivity index (χ1) is 7.38. The Morgan fingerprint density at radius 1 is 1.19 bits per heavy atom. The van der Waals surface area contributed by atoms with E-state index in [0.29, 0.717) is 0 Å². The SMILES string of the molecule is CC[N+](CC)=C1SCCCS1.[O-][Cl+](O)(O)O. The summed E-state index contributed by atoms with van der Waals surface area (Å²) in [5, 5.41) is 0. The summed E-state index contributed by atoms with van der Waals surface area (Å²) in [5.41, 5.74) is 0. The molecule has 8 heteroatoms. The van der Waals surface area contributed by atoms with Crippen LogP contribution in [0.4, 0.5) is 0 Å². The van der Waals surface area contributed by atoms with Gasteiger partial charge >= 0.3 is 28.9 Å². The van der Waals surface area contributed by atoms with Crippen molar-refractivity contribution < 1.29 is 33.5 Å². The molecule has 0 amide bonds. The standard InChI is InChI=1S/C8H16NS2.ClH3O4/c1-3-9(4-2)8-10-6-5-7-11-8;2-1(3,4)5/h3-7H2,1-2H3;2-4H/q+1;. The molecule has 0 spiro atoms. The summed E-state index contributed by atoms with van der Waals surface area (Å²) >= 11 is 4.05. The maximum atomic E-state index is 8.83. The molecule has 0 unspecified atom stereocenters. The zero-order valence-electron chi connectivity index (χ0n) is 9.43. The normalized spacial score (nSPS) is 17.5. The monoisotopic (exact) mass is 292 g/mol. The van der Waals surface area contributed by atoms with Gasteiger partial charge in [0.25, 0.3) is 4.38 Å². The number of hydrogen-bond donors (Lipinski definition) is 3. The third-order valence-corrected chi connectivity index (χ3v) is 4.46. The Labute approximate surface area is 106 Å². The molecule has 0 bridgehead atoms. The number of nitrogens with zero attached hydrogens (tertiary/aromatic N) is 1. The topological polar surface area (TPSA) is 86.8 Å². The molecule has 98 valence electrons. The molecule has 0 aromatic heterocycles. The predicted octanol–water partition coefficient (Wildman–Crippen LogP) is -0.595. The van der Waals surface area contributed by atoms with Crippen molar-refractivity contribution in [3.63, 3.8) is 0 Å². The van der Waals surface area contributed by atoms with Gasteiger partial charge in [0.1, 0.15) is 13.1 Å². The fourth-order valence-electron chi connectivity index (χ4n) is 1.08. The van der Waals surface area contributed by atoms with Gasteiger partial charge in [-0.3, -0.25) is 0 Å². The van der Waals surface area contributed by atoms with Gasteiger partial charge < -0.3 is 0 Å². The Morgan fingerprint density at radius 2 is 1.56 bits per heavy atom. The van der Waals surface area contributed by atoms with Gasteiger partial charge in [-0.05, 0) is 20.3 Å². The van der Waals surface area contributed by atoms with Crippen molar-refractivity contribution in [2.24, 2.45) is 0 Å². The number of rotatable bonds is 2. The van der Waals surface area contributed by atoms with E-state index in [1.165, 1.54) is 17.9 Å². The van der Waals surface area contributed by atoms with Crippen LogP contribution in [-0.2, 0) is 0 Å². The molecule has 0 aromatic rings. The van der Waals surface area contributed by atoms with E-state index in [4.69, 9.17) is 18.6 Å². The van der Waals surface area contributed by atoms with Crippen molar-refractivity contribution in [1.82, 2.24) is 0 Å². The van der Waals surface area contributed by atoms with E-state index < -0.39 is 10.2 Å². The van der Waals surface area contributed by atoms with E-state index in [0.717, 1.165) is 13.1 Å². The Balaban J connectivity index is 0.000000385. The van der Waals surface area contributed by atoms with E-state index in [9.17, 15) is 0 Å². The Kier molecular flexibility index (Phi) is 8.84. The van der Waals surface area contributed by atoms with Gasteiger partial charge in [-0.15, -0.1) is 0 Å². The van der Waals surface area contributed by atoms with Gasteiger partial charge in [-0.1, -0.05) is 23.5 Å².